The van der Waals surface area contributed by atoms with Crippen LogP contribution >= 0.6 is 0 Å². The van der Waals surface area contributed by atoms with E-state index >= 15 is 0 Å². The molecule has 0 bridgehead atoms. The summed E-state index contributed by atoms with van der Waals surface area (Å²) in [4.78, 5) is 14.7. The molecule has 2 aromatic carbocycles. The Kier molecular flexibility index (Phi) is 6.07. The number of carbonyl (C=O) groups is 1. The van der Waals surface area contributed by atoms with Crippen molar-refractivity contribution in [2.45, 2.75) is 19.8 Å². The molecular weight excluding hydrogens is 339 g/mol. The van der Waals surface area contributed by atoms with Crippen LogP contribution in [-0.4, -0.2) is 23.9 Å². The average Bonchev–Trinajstić information content (AvgIpc) is 2.72. The van der Waals surface area contributed by atoms with Crippen LogP contribution in [0.25, 0.3) is 11.1 Å². The zero-order chi connectivity index (χ0) is 19.2. The van der Waals surface area contributed by atoms with Crippen molar-refractivity contribution in [2.75, 3.05) is 13.1 Å². The van der Waals surface area contributed by atoms with E-state index < -0.39 is 0 Å². The van der Waals surface area contributed by atoms with Crippen LogP contribution in [0.15, 0.2) is 73.1 Å². The molecule has 1 aliphatic rings. The highest BCUT2D eigenvalue weighted by Crippen LogP contribution is 2.25. The normalized spacial score (nSPS) is 15.1. The summed E-state index contributed by atoms with van der Waals surface area (Å²) in [6, 6.07) is 13.9. The van der Waals surface area contributed by atoms with Gasteiger partial charge in [-0.3, -0.25) is 4.79 Å². The molecule has 2 aromatic rings. The molecule has 0 saturated carbocycles. The summed E-state index contributed by atoms with van der Waals surface area (Å²) in [5.41, 5.74) is 3.61. The third-order valence-corrected chi connectivity index (χ3v) is 5.02. The van der Waals surface area contributed by atoms with Crippen molar-refractivity contribution >= 4 is 5.91 Å². The summed E-state index contributed by atoms with van der Waals surface area (Å²) in [5, 5.41) is 3.20. The SMILES string of the molecule is C=C(N/C=C\C)C1CCN(C(=O)c2ccc(-c3ccc(F)cc3)cc2)CC1. The lowest BCUT2D eigenvalue weighted by atomic mass is 9.93. The third kappa shape index (κ3) is 4.64. The van der Waals surface area contributed by atoms with Gasteiger partial charge < -0.3 is 10.2 Å². The number of allylic oxidation sites excluding steroid dienone is 2. The first-order valence-corrected chi connectivity index (χ1v) is 9.30. The maximum Gasteiger partial charge on any atom is 0.253 e. The standard InChI is InChI=1S/C23H25FN2O/c1-3-14-25-17(2)18-12-15-26(16-13-18)23(27)21-6-4-19(5-7-21)20-8-10-22(24)11-9-20/h3-11,14,18,25H,2,12-13,15-16H2,1H3/b14-3-. The molecule has 3 rings (SSSR count). The molecule has 1 N–H and O–H groups in total. The summed E-state index contributed by atoms with van der Waals surface area (Å²) in [7, 11) is 0. The van der Waals surface area contributed by atoms with Gasteiger partial charge in [-0.15, -0.1) is 0 Å². The molecule has 0 aromatic heterocycles. The number of benzene rings is 2. The maximum atomic E-state index is 13.1. The molecule has 0 atom stereocenters. The summed E-state index contributed by atoms with van der Waals surface area (Å²) in [6.07, 6.45) is 5.67. The number of halogens is 1. The summed E-state index contributed by atoms with van der Waals surface area (Å²) in [6.45, 7) is 7.53. The first-order chi connectivity index (χ1) is 13.1. The van der Waals surface area contributed by atoms with Crippen molar-refractivity contribution in [2.24, 2.45) is 5.92 Å². The van der Waals surface area contributed by atoms with Gasteiger partial charge in [0.15, 0.2) is 0 Å². The summed E-state index contributed by atoms with van der Waals surface area (Å²) < 4.78 is 13.1. The molecule has 3 nitrogen and oxygen atoms in total. The number of nitrogens with zero attached hydrogens (tertiary/aromatic N) is 1. The van der Waals surface area contributed by atoms with Gasteiger partial charge in [0.1, 0.15) is 5.82 Å². The predicted molar refractivity (Wildman–Crippen MR) is 108 cm³/mol. The number of piperidine rings is 1. The highest BCUT2D eigenvalue weighted by Gasteiger charge is 2.24. The molecule has 1 saturated heterocycles. The second kappa shape index (κ2) is 8.67. The first kappa shape index (κ1) is 18.9. The number of rotatable bonds is 5. The minimum absolute atomic E-state index is 0.0612. The molecule has 0 radical (unpaired) electrons. The van der Waals surface area contributed by atoms with E-state index in [0.717, 1.165) is 42.8 Å². The Morgan fingerprint density at radius 3 is 2.19 bits per heavy atom. The van der Waals surface area contributed by atoms with Crippen LogP contribution in [-0.2, 0) is 0 Å². The maximum absolute atomic E-state index is 13.1. The van der Waals surface area contributed by atoms with Crippen LogP contribution in [0.3, 0.4) is 0 Å². The van der Waals surface area contributed by atoms with Gasteiger partial charge in [-0.25, -0.2) is 4.39 Å². The van der Waals surface area contributed by atoms with Crippen LogP contribution < -0.4 is 5.32 Å². The van der Waals surface area contributed by atoms with E-state index in [4.69, 9.17) is 0 Å². The molecule has 1 heterocycles. The highest BCUT2D eigenvalue weighted by molar-refractivity contribution is 5.94. The molecule has 0 unspecified atom stereocenters. The Bertz CT molecular complexity index is 816. The number of hydrogen-bond donors (Lipinski definition) is 1. The lowest BCUT2D eigenvalue weighted by molar-refractivity contribution is 0.0701. The highest BCUT2D eigenvalue weighted by atomic mass is 19.1. The summed E-state index contributed by atoms with van der Waals surface area (Å²) >= 11 is 0. The van der Waals surface area contributed by atoms with E-state index in [-0.39, 0.29) is 11.7 Å². The Morgan fingerprint density at radius 2 is 1.63 bits per heavy atom. The van der Waals surface area contributed by atoms with Crippen LogP contribution in [0, 0.1) is 11.7 Å². The van der Waals surface area contributed by atoms with Gasteiger partial charge in [0, 0.05) is 30.3 Å². The zero-order valence-electron chi connectivity index (χ0n) is 15.6. The lowest BCUT2D eigenvalue weighted by Crippen LogP contribution is -2.39. The molecular formula is C23H25FN2O. The minimum Gasteiger partial charge on any atom is -0.366 e. The number of likely N-dealkylation sites (tertiary alicyclic amines) is 1. The van der Waals surface area contributed by atoms with E-state index in [0.29, 0.717) is 11.5 Å². The molecule has 1 amide bonds. The molecule has 4 heteroatoms. The Hall–Kier alpha value is -2.88. The van der Waals surface area contributed by atoms with Gasteiger partial charge in [0.2, 0.25) is 0 Å². The number of amides is 1. The van der Waals surface area contributed by atoms with Gasteiger partial charge in [-0.2, -0.15) is 0 Å². The number of carbonyl (C=O) groups excluding carboxylic acids is 1. The van der Waals surface area contributed by atoms with Crippen molar-refractivity contribution in [3.63, 3.8) is 0 Å². The molecule has 27 heavy (non-hydrogen) atoms. The van der Waals surface area contributed by atoms with Crippen molar-refractivity contribution < 1.29 is 9.18 Å². The van der Waals surface area contributed by atoms with Gasteiger partial charge >= 0.3 is 0 Å². The Labute approximate surface area is 160 Å². The molecule has 1 aliphatic heterocycles. The average molecular weight is 364 g/mol. The zero-order valence-corrected chi connectivity index (χ0v) is 15.6. The predicted octanol–water partition coefficient (Wildman–Crippen LogP) is 4.98. The minimum atomic E-state index is -0.252. The van der Waals surface area contributed by atoms with Gasteiger partial charge in [-0.05, 0) is 61.4 Å². The smallest absolute Gasteiger partial charge is 0.253 e. The van der Waals surface area contributed by atoms with Gasteiger partial charge in [-0.1, -0.05) is 36.9 Å². The first-order valence-electron chi connectivity index (χ1n) is 9.30. The van der Waals surface area contributed by atoms with Gasteiger partial charge in [0.25, 0.3) is 5.91 Å². The van der Waals surface area contributed by atoms with E-state index in [2.05, 4.69) is 11.9 Å². The van der Waals surface area contributed by atoms with Crippen molar-refractivity contribution in [3.8, 4) is 11.1 Å². The van der Waals surface area contributed by atoms with E-state index in [1.807, 2.05) is 48.4 Å². The molecule has 1 fully saturated rings. The van der Waals surface area contributed by atoms with E-state index in [9.17, 15) is 9.18 Å². The Morgan fingerprint density at radius 1 is 1.07 bits per heavy atom. The summed E-state index contributed by atoms with van der Waals surface area (Å²) in [5.74, 6) is 0.204. The fraction of sp³-hybridized carbons (Fsp3) is 0.261. The van der Waals surface area contributed by atoms with Crippen LogP contribution in [0.5, 0.6) is 0 Å². The molecule has 0 spiro atoms. The third-order valence-electron chi connectivity index (χ3n) is 5.02. The largest absolute Gasteiger partial charge is 0.366 e. The molecule has 0 aliphatic carbocycles. The fourth-order valence-electron chi connectivity index (χ4n) is 3.37. The van der Waals surface area contributed by atoms with Crippen LogP contribution in [0.1, 0.15) is 30.1 Å². The Balaban J connectivity index is 1.60. The monoisotopic (exact) mass is 364 g/mol. The van der Waals surface area contributed by atoms with Crippen LogP contribution in [0.4, 0.5) is 4.39 Å². The van der Waals surface area contributed by atoms with Crippen LogP contribution in [0.2, 0.25) is 0 Å². The lowest BCUT2D eigenvalue weighted by Gasteiger charge is -2.33. The number of hydrogen-bond acceptors (Lipinski definition) is 2. The second-order valence-corrected chi connectivity index (χ2v) is 6.82. The van der Waals surface area contributed by atoms with Crippen molar-refractivity contribution in [1.82, 2.24) is 10.2 Å². The topological polar surface area (TPSA) is 32.3 Å². The van der Waals surface area contributed by atoms with Crippen molar-refractivity contribution in [1.29, 1.82) is 0 Å². The van der Waals surface area contributed by atoms with E-state index in [1.165, 1.54) is 12.1 Å². The fourth-order valence-corrected chi connectivity index (χ4v) is 3.37. The second-order valence-electron chi connectivity index (χ2n) is 6.82. The van der Waals surface area contributed by atoms with Gasteiger partial charge in [0.05, 0.1) is 0 Å². The molecule has 140 valence electrons. The number of nitrogens with one attached hydrogen (secondary N) is 1. The quantitative estimate of drug-likeness (QED) is 0.811. The van der Waals surface area contributed by atoms with Crippen molar-refractivity contribution in [3.05, 3.63) is 84.5 Å². The van der Waals surface area contributed by atoms with E-state index in [1.54, 1.807) is 12.1 Å².